The minimum atomic E-state index is -3.02. The summed E-state index contributed by atoms with van der Waals surface area (Å²) in [6, 6.07) is 0.677. The van der Waals surface area contributed by atoms with E-state index in [0.29, 0.717) is 17.7 Å². The molecule has 4 nitrogen and oxygen atoms in total. The van der Waals surface area contributed by atoms with Crippen molar-refractivity contribution in [3.05, 3.63) is 0 Å². The van der Waals surface area contributed by atoms with Gasteiger partial charge in [-0.3, -0.25) is 0 Å². The largest absolute Gasteiger partial charge is 0.314 e. The summed E-state index contributed by atoms with van der Waals surface area (Å²) in [5, 5.41) is 3.39. The highest BCUT2D eigenvalue weighted by Crippen LogP contribution is 2.36. The van der Waals surface area contributed by atoms with Gasteiger partial charge in [-0.05, 0) is 50.5 Å². The molecule has 2 atom stereocenters. The van der Waals surface area contributed by atoms with Gasteiger partial charge in [-0.2, -0.15) is 0 Å². The second-order valence-electron chi connectivity index (χ2n) is 6.85. The van der Waals surface area contributed by atoms with Crippen molar-refractivity contribution in [2.75, 3.05) is 25.4 Å². The maximum atomic E-state index is 12.4. The summed E-state index contributed by atoms with van der Waals surface area (Å²) < 4.78 is 26.6. The molecule has 0 aromatic rings. The number of piperidine rings is 1. The highest BCUT2D eigenvalue weighted by molar-refractivity contribution is 7.89. The van der Waals surface area contributed by atoms with Crippen LogP contribution in [0.4, 0.5) is 0 Å². The first-order valence-electron chi connectivity index (χ1n) is 8.36. The van der Waals surface area contributed by atoms with Gasteiger partial charge in [0, 0.05) is 19.1 Å². The SMILES string of the molecule is O=S(=O)(CCCNC1CC1)N1CCC2CCCCC2C1. The molecule has 1 N–H and O–H groups in total. The van der Waals surface area contributed by atoms with E-state index in [9.17, 15) is 8.42 Å². The van der Waals surface area contributed by atoms with Gasteiger partial charge in [0.2, 0.25) is 10.0 Å². The van der Waals surface area contributed by atoms with Crippen LogP contribution >= 0.6 is 0 Å². The molecule has 0 aromatic heterocycles. The molecule has 5 heteroatoms. The Morgan fingerprint density at radius 3 is 2.50 bits per heavy atom. The molecule has 2 saturated carbocycles. The fourth-order valence-electron chi connectivity index (χ4n) is 3.80. The molecule has 2 aliphatic carbocycles. The van der Waals surface area contributed by atoms with Crippen LogP contribution in [0.1, 0.15) is 51.4 Å². The van der Waals surface area contributed by atoms with Gasteiger partial charge in [-0.15, -0.1) is 0 Å². The van der Waals surface area contributed by atoms with Gasteiger partial charge >= 0.3 is 0 Å². The molecule has 0 radical (unpaired) electrons. The molecular weight excluding hydrogens is 272 g/mol. The third-order valence-corrected chi connectivity index (χ3v) is 7.16. The lowest BCUT2D eigenvalue weighted by atomic mass is 9.76. The number of sulfonamides is 1. The Morgan fingerprint density at radius 1 is 1.00 bits per heavy atom. The molecule has 2 unspecified atom stereocenters. The predicted octanol–water partition coefficient (Wildman–Crippen LogP) is 1.97. The van der Waals surface area contributed by atoms with E-state index in [1.165, 1.54) is 38.5 Å². The molecule has 0 bridgehead atoms. The lowest BCUT2D eigenvalue weighted by molar-refractivity contribution is 0.136. The maximum absolute atomic E-state index is 12.4. The van der Waals surface area contributed by atoms with Crippen molar-refractivity contribution in [1.29, 1.82) is 0 Å². The van der Waals surface area contributed by atoms with Crippen LogP contribution in [0.25, 0.3) is 0 Å². The van der Waals surface area contributed by atoms with Gasteiger partial charge < -0.3 is 5.32 Å². The first kappa shape index (κ1) is 14.8. The van der Waals surface area contributed by atoms with Crippen molar-refractivity contribution in [3.8, 4) is 0 Å². The fraction of sp³-hybridized carbons (Fsp3) is 1.00. The Bertz CT molecular complexity index is 420. The standard InChI is InChI=1S/C15H28N2O2S/c18-20(19,11-3-9-16-15-6-7-15)17-10-8-13-4-1-2-5-14(13)12-17/h13-16H,1-12H2. The van der Waals surface area contributed by atoms with Crippen molar-refractivity contribution in [3.63, 3.8) is 0 Å². The van der Waals surface area contributed by atoms with Crippen LogP contribution in [0.5, 0.6) is 0 Å². The Labute approximate surface area is 123 Å². The summed E-state index contributed by atoms with van der Waals surface area (Å²) in [5.74, 6) is 1.76. The molecule has 0 amide bonds. The predicted molar refractivity (Wildman–Crippen MR) is 81.1 cm³/mol. The van der Waals surface area contributed by atoms with Crippen LogP contribution in [0, 0.1) is 11.8 Å². The highest BCUT2D eigenvalue weighted by atomic mass is 32.2. The summed E-state index contributed by atoms with van der Waals surface area (Å²) in [6.45, 7) is 2.41. The summed E-state index contributed by atoms with van der Waals surface area (Å²) >= 11 is 0. The van der Waals surface area contributed by atoms with Crippen molar-refractivity contribution >= 4 is 10.0 Å². The first-order chi connectivity index (χ1) is 9.65. The van der Waals surface area contributed by atoms with Crippen LogP contribution in [-0.4, -0.2) is 44.2 Å². The van der Waals surface area contributed by atoms with Crippen LogP contribution in [0.15, 0.2) is 0 Å². The van der Waals surface area contributed by atoms with Crippen LogP contribution < -0.4 is 5.32 Å². The molecule has 0 aromatic carbocycles. The molecule has 0 spiro atoms. The number of rotatable bonds is 6. The summed E-state index contributed by atoms with van der Waals surface area (Å²) in [4.78, 5) is 0. The van der Waals surface area contributed by atoms with E-state index in [1.54, 1.807) is 4.31 Å². The van der Waals surface area contributed by atoms with E-state index in [2.05, 4.69) is 5.32 Å². The van der Waals surface area contributed by atoms with E-state index < -0.39 is 10.0 Å². The van der Waals surface area contributed by atoms with E-state index in [-0.39, 0.29) is 0 Å². The highest BCUT2D eigenvalue weighted by Gasteiger charge is 2.35. The number of fused-ring (bicyclic) bond motifs is 1. The quantitative estimate of drug-likeness (QED) is 0.763. The van der Waals surface area contributed by atoms with Crippen LogP contribution in [0.2, 0.25) is 0 Å². The molecule has 1 aliphatic heterocycles. The van der Waals surface area contributed by atoms with E-state index in [0.717, 1.165) is 38.4 Å². The van der Waals surface area contributed by atoms with Crippen molar-refractivity contribution < 1.29 is 8.42 Å². The first-order valence-corrected chi connectivity index (χ1v) is 9.97. The van der Waals surface area contributed by atoms with Gasteiger partial charge in [0.1, 0.15) is 0 Å². The van der Waals surface area contributed by atoms with E-state index in [1.807, 2.05) is 0 Å². The van der Waals surface area contributed by atoms with E-state index in [4.69, 9.17) is 0 Å². The number of nitrogens with one attached hydrogen (secondary N) is 1. The second-order valence-corrected chi connectivity index (χ2v) is 8.94. The van der Waals surface area contributed by atoms with Crippen molar-refractivity contribution in [1.82, 2.24) is 9.62 Å². The number of nitrogens with zero attached hydrogens (tertiary/aromatic N) is 1. The normalized spacial score (nSPS) is 32.0. The summed E-state index contributed by atoms with van der Waals surface area (Å²) in [6.07, 6.45) is 9.57. The topological polar surface area (TPSA) is 49.4 Å². The van der Waals surface area contributed by atoms with E-state index >= 15 is 0 Å². The van der Waals surface area contributed by atoms with Crippen LogP contribution in [-0.2, 0) is 10.0 Å². The summed E-state index contributed by atoms with van der Waals surface area (Å²) in [5.41, 5.74) is 0. The zero-order valence-corrected chi connectivity index (χ0v) is 13.2. The molecule has 20 heavy (non-hydrogen) atoms. The lowest BCUT2D eigenvalue weighted by Gasteiger charge is -2.40. The Hall–Kier alpha value is -0.130. The Balaban J connectivity index is 1.46. The maximum Gasteiger partial charge on any atom is 0.214 e. The van der Waals surface area contributed by atoms with Gasteiger partial charge in [-0.25, -0.2) is 12.7 Å². The van der Waals surface area contributed by atoms with Crippen LogP contribution in [0.3, 0.4) is 0 Å². The molecule has 3 aliphatic rings. The number of hydrogen-bond acceptors (Lipinski definition) is 3. The Kier molecular flexibility index (Phi) is 4.68. The average Bonchev–Trinajstić information content (AvgIpc) is 3.27. The molecule has 1 saturated heterocycles. The monoisotopic (exact) mass is 300 g/mol. The molecule has 3 fully saturated rings. The molecular formula is C15H28N2O2S. The molecule has 1 heterocycles. The average molecular weight is 300 g/mol. The van der Waals surface area contributed by atoms with Gasteiger partial charge in [0.25, 0.3) is 0 Å². The Morgan fingerprint density at radius 2 is 1.75 bits per heavy atom. The third-order valence-electron chi connectivity index (χ3n) is 5.24. The third kappa shape index (κ3) is 3.74. The van der Waals surface area contributed by atoms with Gasteiger partial charge in [0.15, 0.2) is 0 Å². The smallest absolute Gasteiger partial charge is 0.214 e. The molecule has 3 rings (SSSR count). The van der Waals surface area contributed by atoms with Gasteiger partial charge in [-0.1, -0.05) is 19.3 Å². The zero-order chi connectivity index (χ0) is 14.0. The minimum absolute atomic E-state index is 0.324. The minimum Gasteiger partial charge on any atom is -0.314 e. The lowest BCUT2D eigenvalue weighted by Crippen LogP contribution is -2.45. The second kappa shape index (κ2) is 6.32. The fourth-order valence-corrected chi connectivity index (χ4v) is 5.37. The molecule has 116 valence electrons. The van der Waals surface area contributed by atoms with Crippen molar-refractivity contribution in [2.45, 2.75) is 57.4 Å². The zero-order valence-electron chi connectivity index (χ0n) is 12.4. The van der Waals surface area contributed by atoms with Gasteiger partial charge in [0.05, 0.1) is 5.75 Å². The summed E-state index contributed by atoms with van der Waals surface area (Å²) in [7, 11) is -3.02. The number of hydrogen-bond donors (Lipinski definition) is 1. The van der Waals surface area contributed by atoms with Crippen molar-refractivity contribution in [2.24, 2.45) is 11.8 Å².